The van der Waals surface area contributed by atoms with Crippen LogP contribution in [0.4, 0.5) is 11.6 Å². The molecular formula is C18H19N3O5S. The fourth-order valence-corrected chi connectivity index (χ4v) is 3.07. The highest BCUT2D eigenvalue weighted by atomic mass is 32.2. The summed E-state index contributed by atoms with van der Waals surface area (Å²) in [6, 6.07) is 6.49. The number of aromatic nitrogens is 1. The average Bonchev–Trinajstić information content (AvgIpc) is 3.07. The molecule has 2 N–H and O–H groups in total. The number of ether oxygens (including phenoxy) is 1. The molecule has 0 saturated heterocycles. The summed E-state index contributed by atoms with van der Waals surface area (Å²) in [6.07, 6.45) is 0. The van der Waals surface area contributed by atoms with E-state index in [2.05, 4.69) is 15.8 Å². The standard InChI is InChI=1S/C18H19N3O5S/c1-18(2,3)13-7-16(26-21-13)20-14(22)8-25-17(24)10-4-5-12-11(6-10)19-15(23)9-27-12/h4-7H,8-9H2,1-3H3,(H,19,23)(H,20,22). The van der Waals surface area contributed by atoms with Crippen LogP contribution in [0.15, 0.2) is 33.7 Å². The van der Waals surface area contributed by atoms with Crippen LogP contribution < -0.4 is 10.6 Å². The van der Waals surface area contributed by atoms with Crippen molar-refractivity contribution >= 4 is 41.1 Å². The molecule has 0 aliphatic carbocycles. The number of benzene rings is 1. The van der Waals surface area contributed by atoms with E-state index in [9.17, 15) is 14.4 Å². The van der Waals surface area contributed by atoms with E-state index in [0.29, 0.717) is 17.1 Å². The van der Waals surface area contributed by atoms with Gasteiger partial charge in [0.15, 0.2) is 6.61 Å². The van der Waals surface area contributed by atoms with E-state index in [-0.39, 0.29) is 22.8 Å². The monoisotopic (exact) mass is 389 g/mol. The summed E-state index contributed by atoms with van der Waals surface area (Å²) in [4.78, 5) is 36.4. The number of esters is 1. The highest BCUT2D eigenvalue weighted by molar-refractivity contribution is 8.00. The maximum atomic E-state index is 12.1. The SMILES string of the molecule is CC(C)(C)c1cc(NC(=O)COC(=O)c2ccc3c(c2)NC(=O)CS3)on1. The number of hydrogen-bond acceptors (Lipinski definition) is 7. The van der Waals surface area contributed by atoms with Crippen molar-refractivity contribution in [3.8, 4) is 0 Å². The van der Waals surface area contributed by atoms with Crippen molar-refractivity contribution in [2.45, 2.75) is 31.1 Å². The molecule has 2 amide bonds. The minimum Gasteiger partial charge on any atom is -0.452 e. The lowest BCUT2D eigenvalue weighted by molar-refractivity contribution is -0.119. The molecule has 1 aliphatic rings. The Morgan fingerprint density at radius 1 is 1.33 bits per heavy atom. The van der Waals surface area contributed by atoms with E-state index in [1.165, 1.54) is 17.8 Å². The Bertz CT molecular complexity index is 901. The summed E-state index contributed by atoms with van der Waals surface area (Å²) in [5.74, 6) is -0.795. The molecule has 0 saturated carbocycles. The van der Waals surface area contributed by atoms with Crippen LogP contribution >= 0.6 is 11.8 Å². The van der Waals surface area contributed by atoms with Crippen molar-refractivity contribution in [1.82, 2.24) is 5.16 Å². The zero-order valence-corrected chi connectivity index (χ0v) is 15.9. The van der Waals surface area contributed by atoms with Crippen LogP contribution in [0.25, 0.3) is 0 Å². The first-order valence-electron chi connectivity index (χ1n) is 8.23. The smallest absolute Gasteiger partial charge is 0.338 e. The Morgan fingerprint density at radius 3 is 2.81 bits per heavy atom. The zero-order chi connectivity index (χ0) is 19.6. The fraction of sp³-hybridized carbons (Fsp3) is 0.333. The topological polar surface area (TPSA) is 111 Å². The van der Waals surface area contributed by atoms with E-state index < -0.39 is 18.5 Å². The molecule has 0 bridgehead atoms. The molecule has 2 heterocycles. The lowest BCUT2D eigenvalue weighted by Gasteiger charge is -2.16. The van der Waals surface area contributed by atoms with Gasteiger partial charge < -0.3 is 14.6 Å². The maximum absolute atomic E-state index is 12.1. The molecule has 27 heavy (non-hydrogen) atoms. The normalized spacial score (nSPS) is 13.5. The van der Waals surface area contributed by atoms with Crippen LogP contribution in [0.2, 0.25) is 0 Å². The van der Waals surface area contributed by atoms with E-state index in [1.807, 2.05) is 20.8 Å². The molecule has 142 valence electrons. The van der Waals surface area contributed by atoms with E-state index >= 15 is 0 Å². The van der Waals surface area contributed by atoms with Gasteiger partial charge in [-0.05, 0) is 18.2 Å². The van der Waals surface area contributed by atoms with Gasteiger partial charge in [0, 0.05) is 16.4 Å². The van der Waals surface area contributed by atoms with Gasteiger partial charge in [-0.3, -0.25) is 14.9 Å². The number of fused-ring (bicyclic) bond motifs is 1. The van der Waals surface area contributed by atoms with Gasteiger partial charge in [-0.25, -0.2) is 4.79 Å². The van der Waals surface area contributed by atoms with E-state index in [0.717, 1.165) is 4.90 Å². The fourth-order valence-electron chi connectivity index (χ4n) is 2.29. The molecule has 9 heteroatoms. The van der Waals surface area contributed by atoms with Gasteiger partial charge in [0.05, 0.1) is 22.7 Å². The first-order valence-corrected chi connectivity index (χ1v) is 9.22. The molecule has 2 aromatic rings. The molecule has 0 radical (unpaired) electrons. The number of carbonyl (C=O) groups excluding carboxylic acids is 3. The molecule has 1 aromatic carbocycles. The molecule has 0 fully saturated rings. The van der Waals surface area contributed by atoms with Crippen molar-refractivity contribution < 1.29 is 23.6 Å². The van der Waals surface area contributed by atoms with E-state index in [1.54, 1.807) is 18.2 Å². The number of rotatable bonds is 4. The number of nitrogens with one attached hydrogen (secondary N) is 2. The van der Waals surface area contributed by atoms with Crippen molar-refractivity contribution in [2.24, 2.45) is 0 Å². The summed E-state index contributed by atoms with van der Waals surface area (Å²) in [5, 5.41) is 9.09. The molecule has 8 nitrogen and oxygen atoms in total. The minimum absolute atomic E-state index is 0.126. The number of carbonyl (C=O) groups is 3. The lowest BCUT2D eigenvalue weighted by Crippen LogP contribution is -2.21. The zero-order valence-electron chi connectivity index (χ0n) is 15.1. The van der Waals surface area contributed by atoms with Gasteiger partial charge in [-0.1, -0.05) is 25.9 Å². The summed E-state index contributed by atoms with van der Waals surface area (Å²) in [5.41, 5.74) is 1.30. The minimum atomic E-state index is -0.661. The second-order valence-corrected chi connectivity index (χ2v) is 8.02. The molecule has 0 atom stereocenters. The largest absolute Gasteiger partial charge is 0.452 e. The highest BCUT2D eigenvalue weighted by Crippen LogP contribution is 2.32. The van der Waals surface area contributed by atoms with Gasteiger partial charge in [0.25, 0.3) is 5.91 Å². The van der Waals surface area contributed by atoms with Crippen LogP contribution in [-0.4, -0.2) is 35.3 Å². The Balaban J connectivity index is 1.56. The molecule has 1 aromatic heterocycles. The number of anilines is 2. The number of hydrogen-bond donors (Lipinski definition) is 2. The van der Waals surface area contributed by atoms with Crippen molar-refractivity contribution in [2.75, 3.05) is 23.0 Å². The van der Waals surface area contributed by atoms with Gasteiger partial charge in [0.2, 0.25) is 11.8 Å². The average molecular weight is 389 g/mol. The lowest BCUT2D eigenvalue weighted by atomic mass is 9.92. The molecule has 3 rings (SSSR count). The molecule has 0 spiro atoms. The third-order valence-corrected chi connectivity index (χ3v) is 4.80. The number of thioether (sulfide) groups is 1. The Morgan fingerprint density at radius 2 is 2.11 bits per heavy atom. The quantitative estimate of drug-likeness (QED) is 0.774. The summed E-state index contributed by atoms with van der Waals surface area (Å²) in [7, 11) is 0. The van der Waals surface area contributed by atoms with Crippen molar-refractivity contribution in [1.29, 1.82) is 0 Å². The van der Waals surface area contributed by atoms with Crippen molar-refractivity contribution in [3.05, 3.63) is 35.5 Å². The second kappa shape index (κ2) is 7.43. The third-order valence-electron chi connectivity index (χ3n) is 3.72. The molecule has 0 unspecified atom stereocenters. The van der Waals surface area contributed by atoms with E-state index in [4.69, 9.17) is 9.26 Å². The summed E-state index contributed by atoms with van der Waals surface area (Å²) in [6.45, 7) is 5.44. The van der Waals surface area contributed by atoms with Crippen LogP contribution in [0, 0.1) is 0 Å². The highest BCUT2D eigenvalue weighted by Gasteiger charge is 2.21. The first-order chi connectivity index (χ1) is 12.7. The van der Waals surface area contributed by atoms with Crippen LogP contribution in [0.5, 0.6) is 0 Å². The second-order valence-electron chi connectivity index (χ2n) is 7.00. The number of nitrogens with zero attached hydrogens (tertiary/aromatic N) is 1. The Labute approximate surface area is 160 Å². The van der Waals surface area contributed by atoms with Gasteiger partial charge in [-0.2, -0.15) is 0 Å². The van der Waals surface area contributed by atoms with Crippen LogP contribution in [-0.2, 0) is 19.7 Å². The van der Waals surface area contributed by atoms with Gasteiger partial charge in [-0.15, -0.1) is 11.8 Å². The maximum Gasteiger partial charge on any atom is 0.338 e. The van der Waals surface area contributed by atoms with Crippen LogP contribution in [0.3, 0.4) is 0 Å². The third kappa shape index (κ3) is 4.68. The first kappa shape index (κ1) is 19.0. The van der Waals surface area contributed by atoms with Crippen LogP contribution in [0.1, 0.15) is 36.8 Å². The number of amides is 2. The van der Waals surface area contributed by atoms with Crippen molar-refractivity contribution in [3.63, 3.8) is 0 Å². The van der Waals surface area contributed by atoms with Gasteiger partial charge in [0.1, 0.15) is 0 Å². The Hall–Kier alpha value is -2.81. The Kier molecular flexibility index (Phi) is 5.22. The molecule has 1 aliphatic heterocycles. The summed E-state index contributed by atoms with van der Waals surface area (Å²) < 4.78 is 10.1. The predicted molar refractivity (Wildman–Crippen MR) is 99.9 cm³/mol. The predicted octanol–water partition coefficient (Wildman–Crippen LogP) is 2.81. The molecular weight excluding hydrogens is 370 g/mol. The summed E-state index contributed by atoms with van der Waals surface area (Å²) >= 11 is 1.40. The van der Waals surface area contributed by atoms with Gasteiger partial charge >= 0.3 is 5.97 Å².